The van der Waals surface area contributed by atoms with Crippen molar-refractivity contribution < 1.29 is 63.0 Å². The molecule has 0 saturated heterocycles. The minimum Gasteiger partial charge on any atom is -0.457 e. The zero-order valence-electron chi connectivity index (χ0n) is 34.4. The maximum Gasteiger partial charge on any atom is 0.519 e. The molecule has 65 heavy (non-hydrogen) atoms. The molecule has 2 heterocycles. The zero-order chi connectivity index (χ0) is 45.4. The molecule has 6 aromatic rings. The van der Waals surface area contributed by atoms with Crippen LogP contribution in [-0.4, -0.2) is 40.5 Å². The van der Waals surface area contributed by atoms with Crippen molar-refractivity contribution in [3.05, 3.63) is 141 Å². The molecule has 2 fully saturated rings. The van der Waals surface area contributed by atoms with E-state index >= 15 is 0 Å². The highest BCUT2D eigenvalue weighted by Gasteiger charge is 2.30. The van der Waals surface area contributed by atoms with Crippen LogP contribution in [0, 0.1) is 25.7 Å². The van der Waals surface area contributed by atoms with Crippen molar-refractivity contribution in [1.82, 2.24) is 0 Å². The van der Waals surface area contributed by atoms with Crippen molar-refractivity contribution in [2.24, 2.45) is 11.8 Å². The Balaban J connectivity index is 0.000000212. The number of sulfone groups is 2. The topological polar surface area (TPSA) is 250 Å². The van der Waals surface area contributed by atoms with Crippen LogP contribution in [-0.2, 0) is 42.4 Å². The van der Waals surface area contributed by atoms with Gasteiger partial charge in [0.2, 0.25) is 0 Å². The summed E-state index contributed by atoms with van der Waals surface area (Å²) in [5, 5.41) is 5.08. The summed E-state index contributed by atoms with van der Waals surface area (Å²) in [5.41, 5.74) is 0.934. The Labute approximate surface area is 373 Å². The van der Waals surface area contributed by atoms with Gasteiger partial charge in [0.25, 0.3) is 0 Å². The van der Waals surface area contributed by atoms with Gasteiger partial charge in [0.1, 0.15) is 23.0 Å². The van der Waals surface area contributed by atoms with Crippen LogP contribution < -0.4 is 31.8 Å². The summed E-state index contributed by atoms with van der Waals surface area (Å²) in [4.78, 5) is 46.3. The maximum absolute atomic E-state index is 12.3. The summed E-state index contributed by atoms with van der Waals surface area (Å²) in [6.45, 7) is 2.58. The van der Waals surface area contributed by atoms with Crippen LogP contribution in [0.1, 0.15) is 56.2 Å². The van der Waals surface area contributed by atoms with E-state index in [-0.39, 0.29) is 67.0 Å². The molecule has 2 aliphatic carbocycles. The first-order valence-corrected chi connectivity index (χ1v) is 23.2. The molecular weight excluding hydrogens is 889 g/mol. The molecular formula is C45H46N2O16S2. The van der Waals surface area contributed by atoms with Crippen molar-refractivity contribution in [2.75, 3.05) is 22.1 Å². The number of benzene rings is 4. The van der Waals surface area contributed by atoms with Crippen molar-refractivity contribution in [1.29, 1.82) is 0 Å². The molecule has 18 nitrogen and oxygen atoms in total. The van der Waals surface area contributed by atoms with Crippen LogP contribution >= 0.6 is 0 Å². The predicted octanol–water partition coefficient (Wildman–Crippen LogP) is 9.17. The second-order valence-electron chi connectivity index (χ2n) is 14.9. The minimum absolute atomic E-state index is 0. The fourth-order valence-corrected chi connectivity index (χ4v) is 9.27. The van der Waals surface area contributed by atoms with Crippen molar-refractivity contribution in [2.45, 2.75) is 70.0 Å². The molecule has 0 unspecified atom stereocenters. The minimum atomic E-state index is -3.26. The van der Waals surface area contributed by atoms with E-state index in [2.05, 4.69) is 10.6 Å². The van der Waals surface area contributed by atoms with E-state index in [0.717, 1.165) is 25.7 Å². The number of aryl methyl sites for hydroxylation is 2. The molecule has 0 atom stereocenters. The summed E-state index contributed by atoms with van der Waals surface area (Å²) in [6.07, 6.45) is 2.45. The highest BCUT2D eigenvalue weighted by molar-refractivity contribution is 7.91. The van der Waals surface area contributed by atoms with Crippen molar-refractivity contribution in [3.63, 3.8) is 0 Å². The molecule has 0 bridgehead atoms. The van der Waals surface area contributed by atoms with Gasteiger partial charge in [-0.2, -0.15) is 0 Å². The molecule has 2 aromatic heterocycles. The number of ether oxygens (including phenoxy) is 4. The fraction of sp³-hybridized carbons (Fsp3) is 0.289. The number of amides is 2. The van der Waals surface area contributed by atoms with E-state index in [4.69, 9.17) is 36.6 Å². The van der Waals surface area contributed by atoms with Gasteiger partial charge in [-0.1, -0.05) is 7.43 Å². The Morgan fingerprint density at radius 1 is 0.523 bits per heavy atom. The van der Waals surface area contributed by atoms with Crippen LogP contribution in [0.15, 0.2) is 134 Å². The normalized spacial score (nSPS) is 13.3. The van der Waals surface area contributed by atoms with Crippen LogP contribution in [0.3, 0.4) is 0 Å². The van der Waals surface area contributed by atoms with Crippen molar-refractivity contribution in [3.8, 4) is 23.0 Å². The number of carbonyl (C=O) groups is 2. The van der Waals surface area contributed by atoms with Gasteiger partial charge in [0.05, 0.1) is 21.3 Å². The lowest BCUT2D eigenvalue weighted by molar-refractivity contribution is 0.144. The van der Waals surface area contributed by atoms with E-state index in [9.17, 15) is 36.0 Å². The molecule has 0 aliphatic heterocycles. The Bertz CT molecular complexity index is 2710. The quantitative estimate of drug-likeness (QED) is 0.0917. The van der Waals surface area contributed by atoms with Crippen LogP contribution in [0.25, 0.3) is 0 Å². The summed E-state index contributed by atoms with van der Waals surface area (Å²) >= 11 is 0. The molecule has 8 rings (SSSR count). The summed E-state index contributed by atoms with van der Waals surface area (Å²) < 4.78 is 89.6. The van der Waals surface area contributed by atoms with Gasteiger partial charge in [0.15, 0.2) is 55.9 Å². The van der Waals surface area contributed by atoms with Crippen LogP contribution in [0.4, 0.5) is 21.0 Å². The van der Waals surface area contributed by atoms with Gasteiger partial charge < -0.3 is 36.6 Å². The second kappa shape index (κ2) is 20.6. The first-order valence-electron chi connectivity index (χ1n) is 19.8. The molecule has 2 N–H and O–H groups in total. The summed E-state index contributed by atoms with van der Waals surface area (Å²) in [5.74, 6) is 2.03. The third kappa shape index (κ3) is 14.0. The van der Waals surface area contributed by atoms with Crippen LogP contribution in [0.5, 0.6) is 23.0 Å². The van der Waals surface area contributed by atoms with E-state index < -0.39 is 43.5 Å². The number of nitrogens with one attached hydrogen (secondary N) is 2. The van der Waals surface area contributed by atoms with E-state index in [0.29, 0.717) is 44.2 Å². The number of hydrogen-bond acceptors (Lipinski definition) is 16. The lowest BCUT2D eigenvalue weighted by Gasteiger charge is -2.09. The second-order valence-corrected chi connectivity index (χ2v) is 19.0. The molecule has 0 radical (unpaired) electrons. The molecule has 20 heteroatoms. The molecule has 0 spiro atoms. The number of rotatable bonds is 16. The average molecular weight is 935 g/mol. The largest absolute Gasteiger partial charge is 0.519 e. The van der Waals surface area contributed by atoms with Gasteiger partial charge in [-0.25, -0.2) is 36.0 Å². The third-order valence-corrected chi connectivity index (χ3v) is 13.5. The number of anilines is 2. The number of hydrogen-bond donors (Lipinski definition) is 2. The van der Waals surface area contributed by atoms with E-state index in [1.807, 2.05) is 0 Å². The molecule has 2 aliphatic rings. The predicted molar refractivity (Wildman–Crippen MR) is 234 cm³/mol. The van der Waals surface area contributed by atoms with Gasteiger partial charge in [-0.3, -0.25) is 10.6 Å². The molecule has 2 amide bonds. The smallest absolute Gasteiger partial charge is 0.457 e. The molecule has 344 valence electrons. The summed E-state index contributed by atoms with van der Waals surface area (Å²) in [7, 11) is -6.52. The lowest BCUT2D eigenvalue weighted by Crippen LogP contribution is -2.13. The van der Waals surface area contributed by atoms with Gasteiger partial charge in [-0.05, 0) is 148 Å². The maximum atomic E-state index is 12.3. The van der Waals surface area contributed by atoms with E-state index in [1.54, 1.807) is 97.1 Å². The summed E-state index contributed by atoms with van der Waals surface area (Å²) in [6, 6.07) is 25.7. The molecule has 4 aromatic carbocycles. The lowest BCUT2D eigenvalue weighted by atomic mass is 10.3. The first kappa shape index (κ1) is 47.4. The molecule has 2 saturated carbocycles. The Hall–Kier alpha value is -7.06. The van der Waals surface area contributed by atoms with Gasteiger partial charge in [0, 0.05) is 11.4 Å². The Kier molecular flexibility index (Phi) is 15.0. The van der Waals surface area contributed by atoms with E-state index in [1.165, 1.54) is 13.8 Å². The van der Waals surface area contributed by atoms with Crippen molar-refractivity contribution >= 4 is 43.2 Å². The zero-order valence-corrected chi connectivity index (χ0v) is 36.0. The Morgan fingerprint density at radius 3 is 1.11 bits per heavy atom. The standard InChI is InChI=1S/2C22H21NO8S.CH4/c2*1-14-20(31-22(25)29-14)12-28-21(24)23-16-4-6-17(7-5-16)30-18-8-10-19(11-9-18)32(26,27)13-15-2-3-15;/h2*4-11,15H,2-3,12-13H2,1H3,(H,23,24);1H4. The number of carbonyl (C=O) groups excluding carboxylic acids is 2. The van der Waals surface area contributed by atoms with Crippen LogP contribution in [0.2, 0.25) is 0 Å². The monoisotopic (exact) mass is 934 g/mol. The fourth-order valence-electron chi connectivity index (χ4n) is 5.88. The highest BCUT2D eigenvalue weighted by atomic mass is 32.2. The average Bonchev–Trinajstić information content (AvgIpc) is 4.19. The SMILES string of the molecule is C.Cc1oc(=O)oc1COC(=O)Nc1ccc(Oc2ccc(S(=O)(=O)CC3CC3)cc2)cc1.Cc1oc(=O)oc1COC(=O)Nc1ccc(Oc2ccc(S(=O)(=O)CC3CC3)cc2)cc1. The Morgan fingerprint density at radius 2 is 0.831 bits per heavy atom. The third-order valence-electron chi connectivity index (χ3n) is 9.68. The van der Waals surface area contributed by atoms with Gasteiger partial charge in [-0.15, -0.1) is 0 Å². The first-order chi connectivity index (χ1) is 30.6. The van der Waals surface area contributed by atoms with Gasteiger partial charge >= 0.3 is 23.8 Å². The highest BCUT2D eigenvalue weighted by Crippen LogP contribution is 2.34.